The second kappa shape index (κ2) is 9.63. The predicted octanol–water partition coefficient (Wildman–Crippen LogP) is 4.88. The number of aromatic nitrogens is 2. The minimum atomic E-state index is -0.0145. The highest BCUT2D eigenvalue weighted by Gasteiger charge is 2.31. The zero-order valence-electron chi connectivity index (χ0n) is 19.6. The van der Waals surface area contributed by atoms with Crippen molar-refractivity contribution >= 4 is 23.3 Å². The Labute approximate surface area is 205 Å². The van der Waals surface area contributed by atoms with Crippen LogP contribution in [0.15, 0.2) is 48.5 Å². The Morgan fingerprint density at radius 1 is 1.06 bits per heavy atom. The lowest BCUT2D eigenvalue weighted by atomic mass is 10.0. The number of carbonyl (C=O) groups excluding carboxylic acids is 1. The van der Waals surface area contributed by atoms with Gasteiger partial charge < -0.3 is 14.5 Å². The zero-order valence-corrected chi connectivity index (χ0v) is 20.4. The highest BCUT2D eigenvalue weighted by Crippen LogP contribution is 2.40. The van der Waals surface area contributed by atoms with Gasteiger partial charge in [0.15, 0.2) is 0 Å². The molecule has 1 amide bonds. The molecule has 1 aromatic heterocycles. The van der Waals surface area contributed by atoms with Crippen molar-refractivity contribution in [2.75, 3.05) is 38.2 Å². The van der Waals surface area contributed by atoms with E-state index in [2.05, 4.69) is 24.0 Å². The Bertz CT molecular complexity index is 1200. The maximum Gasteiger partial charge on any atom is 0.255 e. The van der Waals surface area contributed by atoms with Crippen LogP contribution in [0.25, 0.3) is 0 Å². The van der Waals surface area contributed by atoms with Crippen LogP contribution in [0.4, 0.5) is 5.82 Å². The van der Waals surface area contributed by atoms with Crippen molar-refractivity contribution in [3.8, 4) is 5.75 Å². The lowest BCUT2D eigenvalue weighted by Crippen LogP contribution is -2.49. The highest BCUT2D eigenvalue weighted by molar-refractivity contribution is 6.33. The summed E-state index contributed by atoms with van der Waals surface area (Å²) >= 11 is 6.27. The number of halogens is 1. The second-order valence-corrected chi connectivity index (χ2v) is 9.44. The van der Waals surface area contributed by atoms with E-state index in [9.17, 15) is 4.79 Å². The van der Waals surface area contributed by atoms with Gasteiger partial charge in [-0.15, -0.1) is 0 Å². The van der Waals surface area contributed by atoms with Crippen molar-refractivity contribution in [3.05, 3.63) is 81.8 Å². The van der Waals surface area contributed by atoms with Gasteiger partial charge in [-0.2, -0.15) is 0 Å². The fourth-order valence-corrected chi connectivity index (χ4v) is 4.72. The third kappa shape index (κ3) is 4.73. The largest absolute Gasteiger partial charge is 0.497 e. The van der Waals surface area contributed by atoms with E-state index in [1.54, 1.807) is 19.2 Å². The summed E-state index contributed by atoms with van der Waals surface area (Å²) in [6, 6.07) is 15.4. The van der Waals surface area contributed by atoms with Crippen LogP contribution in [0.1, 0.15) is 51.8 Å². The maximum absolute atomic E-state index is 13.0. The minimum Gasteiger partial charge on any atom is -0.497 e. The van der Waals surface area contributed by atoms with Gasteiger partial charge in [0.05, 0.1) is 17.7 Å². The van der Waals surface area contributed by atoms with Gasteiger partial charge in [-0.3, -0.25) is 4.79 Å². The molecule has 34 heavy (non-hydrogen) atoms. The molecule has 0 atom stereocenters. The number of hydrogen-bond acceptors (Lipinski definition) is 5. The quantitative estimate of drug-likeness (QED) is 0.507. The Hall–Kier alpha value is -3.12. The Balaban J connectivity index is 1.39. The molecule has 2 heterocycles. The third-order valence-electron chi connectivity index (χ3n) is 6.64. The van der Waals surface area contributed by atoms with E-state index in [1.807, 2.05) is 29.2 Å². The van der Waals surface area contributed by atoms with E-state index in [-0.39, 0.29) is 5.91 Å². The number of carbonyl (C=O) groups is 1. The van der Waals surface area contributed by atoms with Crippen LogP contribution in [0, 0.1) is 6.92 Å². The number of aryl methyl sites for hydroxylation is 1. The molecule has 3 aromatic rings. The SMILES string of the molecule is COc1cccc(Cc2c(C)nc(C3CC3)nc2N2CCN(C(=O)c3ccccc3Cl)CC2)c1. The first-order valence-corrected chi connectivity index (χ1v) is 12.2. The van der Waals surface area contributed by atoms with Crippen LogP contribution in [-0.2, 0) is 6.42 Å². The van der Waals surface area contributed by atoms with Gasteiger partial charge in [-0.1, -0.05) is 35.9 Å². The van der Waals surface area contributed by atoms with Gasteiger partial charge in [0.25, 0.3) is 5.91 Å². The first-order valence-electron chi connectivity index (χ1n) is 11.8. The molecule has 1 saturated heterocycles. The summed E-state index contributed by atoms with van der Waals surface area (Å²) in [6.07, 6.45) is 3.06. The van der Waals surface area contributed by atoms with Gasteiger partial charge in [-0.05, 0) is 49.6 Å². The molecule has 1 aliphatic carbocycles. The van der Waals surface area contributed by atoms with Crippen molar-refractivity contribution in [1.29, 1.82) is 0 Å². The van der Waals surface area contributed by atoms with Crippen LogP contribution >= 0.6 is 11.6 Å². The number of ether oxygens (including phenoxy) is 1. The van der Waals surface area contributed by atoms with E-state index >= 15 is 0 Å². The standard InChI is InChI=1S/C27H29ClN4O2/c1-18-23(17-19-6-5-7-21(16-19)34-2)26(30-25(29-18)20-10-11-20)31-12-14-32(15-13-31)27(33)22-8-3-4-9-24(22)28/h3-9,16,20H,10-15,17H2,1-2H3. The van der Waals surface area contributed by atoms with Gasteiger partial charge in [-0.25, -0.2) is 9.97 Å². The van der Waals surface area contributed by atoms with Crippen molar-refractivity contribution < 1.29 is 9.53 Å². The molecule has 176 valence electrons. The molecule has 2 aliphatic rings. The van der Waals surface area contributed by atoms with Crippen LogP contribution in [0.2, 0.25) is 5.02 Å². The summed E-state index contributed by atoms with van der Waals surface area (Å²) in [5, 5.41) is 0.496. The molecule has 5 rings (SSSR count). The van der Waals surface area contributed by atoms with Crippen molar-refractivity contribution in [2.24, 2.45) is 0 Å². The fraction of sp³-hybridized carbons (Fsp3) is 0.370. The third-order valence-corrected chi connectivity index (χ3v) is 6.97. The maximum atomic E-state index is 13.0. The first-order chi connectivity index (χ1) is 16.5. The first kappa shape index (κ1) is 22.7. The van der Waals surface area contributed by atoms with Crippen LogP contribution in [0.3, 0.4) is 0 Å². The summed E-state index contributed by atoms with van der Waals surface area (Å²) in [4.78, 5) is 27.2. The molecule has 1 aliphatic heterocycles. The summed E-state index contributed by atoms with van der Waals surface area (Å²) in [6.45, 7) is 4.79. The highest BCUT2D eigenvalue weighted by atomic mass is 35.5. The molecule has 2 aromatic carbocycles. The van der Waals surface area contributed by atoms with E-state index in [1.165, 1.54) is 5.56 Å². The number of rotatable bonds is 6. The lowest BCUT2D eigenvalue weighted by molar-refractivity contribution is 0.0746. The number of piperazine rings is 1. The van der Waals surface area contributed by atoms with Crippen LogP contribution in [-0.4, -0.2) is 54.1 Å². The monoisotopic (exact) mass is 476 g/mol. The van der Waals surface area contributed by atoms with Crippen LogP contribution in [0.5, 0.6) is 5.75 Å². The Morgan fingerprint density at radius 2 is 1.82 bits per heavy atom. The Kier molecular flexibility index (Phi) is 6.42. The van der Waals surface area contributed by atoms with Crippen molar-refractivity contribution in [1.82, 2.24) is 14.9 Å². The predicted molar refractivity (Wildman–Crippen MR) is 134 cm³/mol. The second-order valence-electron chi connectivity index (χ2n) is 9.03. The summed E-state index contributed by atoms with van der Waals surface area (Å²) in [7, 11) is 1.69. The van der Waals surface area contributed by atoms with E-state index in [4.69, 9.17) is 26.3 Å². The molecular weight excluding hydrogens is 448 g/mol. The van der Waals surface area contributed by atoms with Gasteiger partial charge in [0.1, 0.15) is 17.4 Å². The van der Waals surface area contributed by atoms with Crippen molar-refractivity contribution in [2.45, 2.75) is 32.1 Å². The van der Waals surface area contributed by atoms with Crippen molar-refractivity contribution in [3.63, 3.8) is 0 Å². The van der Waals surface area contributed by atoms with Crippen LogP contribution < -0.4 is 9.64 Å². The average molecular weight is 477 g/mol. The number of methoxy groups -OCH3 is 1. The molecule has 2 fully saturated rings. The summed E-state index contributed by atoms with van der Waals surface area (Å²) in [5.41, 5.74) is 3.90. The van der Waals surface area contributed by atoms with Gasteiger partial charge >= 0.3 is 0 Å². The minimum absolute atomic E-state index is 0.0145. The summed E-state index contributed by atoms with van der Waals surface area (Å²) in [5.74, 6) is 3.27. The number of hydrogen-bond donors (Lipinski definition) is 0. The normalized spacial score (nSPS) is 16.0. The molecule has 0 spiro atoms. The fourth-order valence-electron chi connectivity index (χ4n) is 4.51. The molecule has 1 saturated carbocycles. The lowest BCUT2D eigenvalue weighted by Gasteiger charge is -2.36. The zero-order chi connectivity index (χ0) is 23.7. The van der Waals surface area contributed by atoms with E-state index in [0.717, 1.165) is 61.0 Å². The smallest absolute Gasteiger partial charge is 0.255 e. The molecule has 6 nitrogen and oxygen atoms in total. The van der Waals surface area contributed by atoms with Gasteiger partial charge in [0, 0.05) is 49.8 Å². The number of benzene rings is 2. The Morgan fingerprint density at radius 3 is 2.53 bits per heavy atom. The van der Waals surface area contributed by atoms with Gasteiger partial charge in [0.2, 0.25) is 0 Å². The number of anilines is 1. The van der Waals surface area contributed by atoms with E-state index in [0.29, 0.717) is 29.6 Å². The molecular formula is C27H29ClN4O2. The number of amides is 1. The number of nitrogens with zero attached hydrogens (tertiary/aromatic N) is 4. The summed E-state index contributed by atoms with van der Waals surface area (Å²) < 4.78 is 5.42. The topological polar surface area (TPSA) is 58.6 Å². The molecule has 7 heteroatoms. The van der Waals surface area contributed by atoms with E-state index < -0.39 is 0 Å². The molecule has 0 radical (unpaired) electrons. The molecule has 0 unspecified atom stereocenters. The molecule has 0 bridgehead atoms. The molecule has 0 N–H and O–H groups in total. The average Bonchev–Trinajstić information content (AvgIpc) is 3.71.